The van der Waals surface area contributed by atoms with Gasteiger partial charge in [-0.3, -0.25) is 4.68 Å². The molecule has 0 unspecified atom stereocenters. The summed E-state index contributed by atoms with van der Waals surface area (Å²) in [5.74, 6) is 0. The van der Waals surface area contributed by atoms with E-state index >= 15 is 0 Å². The molecule has 0 radical (unpaired) electrons. The second-order valence-electron chi connectivity index (χ2n) is 4.89. The monoisotopic (exact) mass is 413 g/mol. The maximum atomic E-state index is 4.64. The van der Waals surface area contributed by atoms with Gasteiger partial charge >= 0.3 is 0 Å². The van der Waals surface area contributed by atoms with E-state index in [1.807, 2.05) is 0 Å². The largest absolute Gasteiger partial charge is 0.379 e. The molecule has 1 heterocycles. The van der Waals surface area contributed by atoms with Gasteiger partial charge < -0.3 is 5.32 Å². The number of aromatic nitrogens is 2. The third kappa shape index (κ3) is 3.69. The first-order chi connectivity index (χ1) is 10.1. The van der Waals surface area contributed by atoms with Crippen LogP contribution in [0.4, 0.5) is 5.69 Å². The normalized spacial score (nSPS) is 10.9. The summed E-state index contributed by atoms with van der Waals surface area (Å²) in [6.07, 6.45) is 1.95. The fourth-order valence-electron chi connectivity index (χ4n) is 2.39. The first-order valence-corrected chi connectivity index (χ1v) is 8.95. The van der Waals surface area contributed by atoms with E-state index in [9.17, 15) is 0 Å². The second-order valence-corrected chi connectivity index (χ2v) is 6.59. The lowest BCUT2D eigenvalue weighted by molar-refractivity contribution is 0.619. The van der Waals surface area contributed by atoms with Gasteiger partial charge in [-0.15, -0.1) is 0 Å². The minimum atomic E-state index is 0.774. The highest BCUT2D eigenvalue weighted by Crippen LogP contribution is 2.25. The Kier molecular flexibility index (Phi) is 5.88. The first-order valence-electron chi connectivity index (χ1n) is 7.36. The molecule has 21 heavy (non-hydrogen) atoms. The zero-order valence-corrected chi connectivity index (χ0v) is 15.9. The fourth-order valence-corrected chi connectivity index (χ4v) is 3.51. The molecule has 5 heteroatoms. The average molecular weight is 415 g/mol. The van der Waals surface area contributed by atoms with Crippen molar-refractivity contribution < 1.29 is 0 Å². The Morgan fingerprint density at radius 2 is 1.90 bits per heavy atom. The molecule has 1 aromatic heterocycles. The summed E-state index contributed by atoms with van der Waals surface area (Å²) in [4.78, 5) is 0. The van der Waals surface area contributed by atoms with Crippen molar-refractivity contribution in [3.8, 4) is 0 Å². The smallest absolute Gasteiger partial charge is 0.0767 e. The van der Waals surface area contributed by atoms with Crippen molar-refractivity contribution in [1.29, 1.82) is 0 Å². The third-order valence-corrected chi connectivity index (χ3v) is 5.00. The SMILES string of the molecule is CCc1cc(Br)ccc1NCc1c(Br)c(CC)nn1CC. The van der Waals surface area contributed by atoms with Crippen LogP contribution in [0.5, 0.6) is 0 Å². The van der Waals surface area contributed by atoms with E-state index in [4.69, 9.17) is 0 Å². The topological polar surface area (TPSA) is 29.9 Å². The van der Waals surface area contributed by atoms with Gasteiger partial charge in [0.1, 0.15) is 0 Å². The first kappa shape index (κ1) is 16.6. The van der Waals surface area contributed by atoms with E-state index in [1.54, 1.807) is 0 Å². The van der Waals surface area contributed by atoms with Crippen LogP contribution in [0.3, 0.4) is 0 Å². The Morgan fingerprint density at radius 3 is 2.52 bits per heavy atom. The lowest BCUT2D eigenvalue weighted by Crippen LogP contribution is -2.09. The number of nitrogens with one attached hydrogen (secondary N) is 1. The van der Waals surface area contributed by atoms with E-state index in [2.05, 4.69) is 85.9 Å². The molecule has 2 aromatic rings. The molecule has 0 bridgehead atoms. The maximum absolute atomic E-state index is 4.64. The molecule has 0 aliphatic heterocycles. The molecular formula is C16H21Br2N3. The standard InChI is InChI=1S/C16H21Br2N3/c1-4-11-9-12(17)7-8-14(11)19-10-15-16(18)13(5-2)20-21(15)6-3/h7-9,19H,4-6,10H2,1-3H3. The van der Waals surface area contributed by atoms with Gasteiger partial charge in [0, 0.05) is 16.7 Å². The summed E-state index contributed by atoms with van der Waals surface area (Å²) in [6.45, 7) is 8.09. The molecule has 0 saturated heterocycles. The molecule has 3 nitrogen and oxygen atoms in total. The zero-order chi connectivity index (χ0) is 15.4. The molecule has 0 fully saturated rings. The molecule has 1 aromatic carbocycles. The van der Waals surface area contributed by atoms with Crippen LogP contribution in [-0.4, -0.2) is 9.78 Å². The van der Waals surface area contributed by atoms with Gasteiger partial charge in [0.05, 0.1) is 22.4 Å². The minimum Gasteiger partial charge on any atom is -0.379 e. The third-order valence-electron chi connectivity index (χ3n) is 3.59. The lowest BCUT2D eigenvalue weighted by Gasteiger charge is -2.12. The van der Waals surface area contributed by atoms with Crippen LogP contribution in [0.2, 0.25) is 0 Å². The van der Waals surface area contributed by atoms with E-state index in [1.165, 1.54) is 16.9 Å². The van der Waals surface area contributed by atoms with E-state index in [0.29, 0.717) is 0 Å². The number of anilines is 1. The molecule has 0 amide bonds. The van der Waals surface area contributed by atoms with Gasteiger partial charge in [0.15, 0.2) is 0 Å². The Labute approximate surface area is 143 Å². The van der Waals surface area contributed by atoms with Gasteiger partial charge in [0.25, 0.3) is 0 Å². The van der Waals surface area contributed by atoms with Crippen LogP contribution >= 0.6 is 31.9 Å². The van der Waals surface area contributed by atoms with Crippen LogP contribution in [0.25, 0.3) is 0 Å². The molecule has 1 N–H and O–H groups in total. The van der Waals surface area contributed by atoms with Crippen LogP contribution in [0.1, 0.15) is 37.7 Å². The summed E-state index contributed by atoms with van der Waals surface area (Å²) in [6, 6.07) is 6.38. The number of hydrogen-bond donors (Lipinski definition) is 1. The summed E-state index contributed by atoms with van der Waals surface area (Å²) in [5, 5.41) is 8.19. The highest BCUT2D eigenvalue weighted by molar-refractivity contribution is 9.10. The number of benzene rings is 1. The average Bonchev–Trinajstić information content (AvgIpc) is 2.81. The van der Waals surface area contributed by atoms with Crippen molar-refractivity contribution in [2.75, 3.05) is 5.32 Å². The van der Waals surface area contributed by atoms with E-state index < -0.39 is 0 Å². The molecule has 0 aliphatic carbocycles. The summed E-state index contributed by atoms with van der Waals surface area (Å²) < 4.78 is 4.33. The molecule has 0 spiro atoms. The number of halogens is 2. The molecule has 0 aliphatic rings. The van der Waals surface area contributed by atoms with Gasteiger partial charge in [0.2, 0.25) is 0 Å². The molecule has 0 atom stereocenters. The quantitative estimate of drug-likeness (QED) is 0.706. The van der Waals surface area contributed by atoms with Crippen molar-refractivity contribution in [3.63, 3.8) is 0 Å². The van der Waals surface area contributed by atoms with Crippen LogP contribution < -0.4 is 5.32 Å². The Hall–Kier alpha value is -0.810. The van der Waals surface area contributed by atoms with Crippen LogP contribution in [-0.2, 0) is 25.9 Å². The molecular weight excluding hydrogens is 394 g/mol. The lowest BCUT2D eigenvalue weighted by atomic mass is 10.1. The predicted molar refractivity (Wildman–Crippen MR) is 95.8 cm³/mol. The van der Waals surface area contributed by atoms with E-state index in [-0.39, 0.29) is 0 Å². The Bertz CT molecular complexity index is 620. The van der Waals surface area contributed by atoms with Gasteiger partial charge in [-0.25, -0.2) is 0 Å². The van der Waals surface area contributed by atoms with Gasteiger partial charge in [-0.2, -0.15) is 5.10 Å². The predicted octanol–water partition coefficient (Wildman–Crippen LogP) is 5.16. The van der Waals surface area contributed by atoms with Crippen LogP contribution in [0.15, 0.2) is 27.1 Å². The van der Waals surface area contributed by atoms with Gasteiger partial charge in [-0.1, -0.05) is 29.8 Å². The van der Waals surface area contributed by atoms with Crippen molar-refractivity contribution in [2.45, 2.75) is 46.7 Å². The van der Waals surface area contributed by atoms with Crippen molar-refractivity contribution in [2.24, 2.45) is 0 Å². The van der Waals surface area contributed by atoms with Crippen molar-refractivity contribution in [3.05, 3.63) is 44.1 Å². The summed E-state index contributed by atoms with van der Waals surface area (Å²) >= 11 is 7.22. The molecule has 0 saturated carbocycles. The minimum absolute atomic E-state index is 0.774. The highest BCUT2D eigenvalue weighted by atomic mass is 79.9. The van der Waals surface area contributed by atoms with Crippen LogP contribution in [0, 0.1) is 0 Å². The zero-order valence-electron chi connectivity index (χ0n) is 12.7. The Balaban J connectivity index is 2.22. The second kappa shape index (κ2) is 7.45. The highest BCUT2D eigenvalue weighted by Gasteiger charge is 2.13. The molecule has 114 valence electrons. The fraction of sp³-hybridized carbons (Fsp3) is 0.438. The number of nitrogens with zero attached hydrogens (tertiary/aromatic N) is 2. The maximum Gasteiger partial charge on any atom is 0.0767 e. The van der Waals surface area contributed by atoms with E-state index in [0.717, 1.165) is 40.6 Å². The molecule has 2 rings (SSSR count). The Morgan fingerprint density at radius 1 is 1.14 bits per heavy atom. The number of aryl methyl sites for hydroxylation is 3. The summed E-state index contributed by atoms with van der Waals surface area (Å²) in [7, 11) is 0. The number of hydrogen-bond acceptors (Lipinski definition) is 2. The number of rotatable bonds is 6. The van der Waals surface area contributed by atoms with Crippen molar-refractivity contribution in [1.82, 2.24) is 9.78 Å². The van der Waals surface area contributed by atoms with Gasteiger partial charge in [-0.05, 0) is 59.5 Å². The van der Waals surface area contributed by atoms with Crippen molar-refractivity contribution >= 4 is 37.5 Å². The summed E-state index contributed by atoms with van der Waals surface area (Å²) in [5.41, 5.74) is 4.84.